The van der Waals surface area contributed by atoms with E-state index in [9.17, 15) is 9.90 Å². The molecule has 0 amide bonds. The number of benzene rings is 2. The molecule has 0 bridgehead atoms. The van der Waals surface area contributed by atoms with Gasteiger partial charge >= 0.3 is 0 Å². The molecule has 2 aromatic carbocycles. The molecular formula is C17H16O3. The van der Waals surface area contributed by atoms with E-state index in [0.717, 1.165) is 16.9 Å². The average Bonchev–Trinajstić information content (AvgIpc) is 2.47. The summed E-state index contributed by atoms with van der Waals surface area (Å²) in [6.45, 7) is 1.88. The van der Waals surface area contributed by atoms with Gasteiger partial charge in [0.2, 0.25) is 0 Å². The molecular weight excluding hydrogens is 252 g/mol. The smallest absolute Gasteiger partial charge is 0.189 e. The Bertz CT molecular complexity index is 640. The van der Waals surface area contributed by atoms with Gasteiger partial charge in [-0.05, 0) is 42.8 Å². The number of ether oxygens (including phenoxy) is 1. The zero-order valence-corrected chi connectivity index (χ0v) is 11.5. The van der Waals surface area contributed by atoms with Crippen molar-refractivity contribution in [3.8, 4) is 11.5 Å². The summed E-state index contributed by atoms with van der Waals surface area (Å²) in [7, 11) is 1.61. The summed E-state index contributed by atoms with van der Waals surface area (Å²) in [6, 6.07) is 12.3. The van der Waals surface area contributed by atoms with Gasteiger partial charge < -0.3 is 9.84 Å². The Morgan fingerprint density at radius 2 is 1.85 bits per heavy atom. The third-order valence-corrected chi connectivity index (χ3v) is 2.96. The summed E-state index contributed by atoms with van der Waals surface area (Å²) in [6.07, 6.45) is 3.17. The summed E-state index contributed by atoms with van der Waals surface area (Å²) in [5.41, 5.74) is 2.14. The molecule has 0 heterocycles. The minimum atomic E-state index is -0.220. The Kier molecular flexibility index (Phi) is 4.20. The Morgan fingerprint density at radius 1 is 1.15 bits per heavy atom. The number of hydrogen-bond acceptors (Lipinski definition) is 3. The molecule has 3 nitrogen and oxygen atoms in total. The second-order valence-electron chi connectivity index (χ2n) is 4.49. The van der Waals surface area contributed by atoms with Crippen LogP contribution in [0.2, 0.25) is 0 Å². The van der Waals surface area contributed by atoms with Gasteiger partial charge in [0.25, 0.3) is 0 Å². The lowest BCUT2D eigenvalue weighted by molar-refractivity contribution is 0.104. The molecule has 0 spiro atoms. The van der Waals surface area contributed by atoms with E-state index in [4.69, 9.17) is 4.74 Å². The molecule has 0 unspecified atom stereocenters. The third-order valence-electron chi connectivity index (χ3n) is 2.96. The Balaban J connectivity index is 2.17. The quantitative estimate of drug-likeness (QED) is 0.680. The zero-order chi connectivity index (χ0) is 14.5. The van der Waals surface area contributed by atoms with Gasteiger partial charge in [0.05, 0.1) is 12.7 Å². The largest absolute Gasteiger partial charge is 0.507 e. The lowest BCUT2D eigenvalue weighted by Gasteiger charge is -2.02. The van der Waals surface area contributed by atoms with E-state index in [1.807, 2.05) is 31.2 Å². The maximum Gasteiger partial charge on any atom is 0.189 e. The van der Waals surface area contributed by atoms with Crippen molar-refractivity contribution in [1.82, 2.24) is 0 Å². The van der Waals surface area contributed by atoms with Crippen molar-refractivity contribution in [2.24, 2.45) is 0 Å². The van der Waals surface area contributed by atoms with Crippen LogP contribution in [0, 0.1) is 6.92 Å². The number of allylic oxidation sites excluding steroid dienone is 1. The first-order chi connectivity index (χ1) is 9.60. The molecule has 1 N–H and O–H groups in total. The molecule has 0 atom stereocenters. The molecule has 2 rings (SSSR count). The molecule has 102 valence electrons. The summed E-state index contributed by atoms with van der Waals surface area (Å²) in [4.78, 5) is 12.0. The number of aromatic hydroxyl groups is 1. The molecule has 0 saturated heterocycles. The van der Waals surface area contributed by atoms with Crippen molar-refractivity contribution in [1.29, 1.82) is 0 Å². The minimum absolute atomic E-state index is 0.0000177. The fraction of sp³-hybridized carbons (Fsp3) is 0.118. The number of phenolic OH excluding ortho intramolecular Hbond substituents is 1. The fourth-order valence-electron chi connectivity index (χ4n) is 1.82. The van der Waals surface area contributed by atoms with E-state index in [1.54, 1.807) is 25.3 Å². The van der Waals surface area contributed by atoms with Crippen molar-refractivity contribution in [3.05, 3.63) is 65.2 Å². The minimum Gasteiger partial charge on any atom is -0.507 e. The number of carbonyl (C=O) groups excluding carboxylic acids is 1. The van der Waals surface area contributed by atoms with Gasteiger partial charge in [0.1, 0.15) is 11.5 Å². The van der Waals surface area contributed by atoms with E-state index in [1.165, 1.54) is 12.1 Å². The van der Waals surface area contributed by atoms with Crippen molar-refractivity contribution in [2.75, 3.05) is 7.11 Å². The highest BCUT2D eigenvalue weighted by atomic mass is 16.5. The van der Waals surface area contributed by atoms with Crippen molar-refractivity contribution in [3.63, 3.8) is 0 Å². The molecule has 0 saturated carbocycles. The van der Waals surface area contributed by atoms with E-state index >= 15 is 0 Å². The van der Waals surface area contributed by atoms with Gasteiger partial charge in [-0.1, -0.05) is 29.8 Å². The number of hydrogen-bond donors (Lipinski definition) is 1. The monoisotopic (exact) mass is 268 g/mol. The SMILES string of the molecule is COc1ccc(/C=C/C(=O)c2cc(C)ccc2O)cc1. The van der Waals surface area contributed by atoms with Crippen LogP contribution < -0.4 is 4.74 Å². The molecule has 0 radical (unpaired) electrons. The summed E-state index contributed by atoms with van der Waals surface area (Å²) < 4.78 is 5.07. The van der Waals surface area contributed by atoms with Gasteiger partial charge in [-0.3, -0.25) is 4.79 Å². The second-order valence-corrected chi connectivity index (χ2v) is 4.49. The molecule has 3 heteroatoms. The van der Waals surface area contributed by atoms with Crippen LogP contribution in [0.15, 0.2) is 48.5 Å². The van der Waals surface area contributed by atoms with Gasteiger partial charge in [-0.2, -0.15) is 0 Å². The second kappa shape index (κ2) is 6.06. The van der Waals surface area contributed by atoms with Crippen LogP contribution in [-0.2, 0) is 0 Å². The molecule has 0 aliphatic rings. The maximum absolute atomic E-state index is 12.0. The predicted octanol–water partition coefficient (Wildman–Crippen LogP) is 3.61. The molecule has 0 fully saturated rings. The van der Waals surface area contributed by atoms with Gasteiger partial charge in [-0.15, -0.1) is 0 Å². The predicted molar refractivity (Wildman–Crippen MR) is 79.2 cm³/mol. The number of methoxy groups -OCH3 is 1. The van der Waals surface area contributed by atoms with Crippen molar-refractivity contribution >= 4 is 11.9 Å². The normalized spacial score (nSPS) is 10.7. The molecule has 0 aromatic heterocycles. The van der Waals surface area contributed by atoms with Crippen LogP contribution in [0.3, 0.4) is 0 Å². The zero-order valence-electron chi connectivity index (χ0n) is 11.5. The Morgan fingerprint density at radius 3 is 2.50 bits per heavy atom. The number of ketones is 1. The van der Waals surface area contributed by atoms with Crippen LogP contribution in [0.5, 0.6) is 11.5 Å². The number of phenols is 1. The van der Waals surface area contributed by atoms with E-state index in [2.05, 4.69) is 0 Å². The van der Waals surface area contributed by atoms with Crippen LogP contribution in [0.1, 0.15) is 21.5 Å². The van der Waals surface area contributed by atoms with Crippen LogP contribution in [-0.4, -0.2) is 18.0 Å². The highest BCUT2D eigenvalue weighted by molar-refractivity contribution is 6.08. The number of carbonyl (C=O) groups is 1. The number of aryl methyl sites for hydroxylation is 1. The van der Waals surface area contributed by atoms with Gasteiger partial charge in [0, 0.05) is 0 Å². The summed E-state index contributed by atoms with van der Waals surface area (Å²) in [5.74, 6) is 0.548. The number of rotatable bonds is 4. The van der Waals surface area contributed by atoms with E-state index < -0.39 is 0 Å². The Labute approximate surface area is 118 Å². The first kappa shape index (κ1) is 13.9. The maximum atomic E-state index is 12.0. The first-order valence-electron chi connectivity index (χ1n) is 6.26. The molecule has 0 aliphatic heterocycles. The van der Waals surface area contributed by atoms with Crippen molar-refractivity contribution in [2.45, 2.75) is 6.92 Å². The van der Waals surface area contributed by atoms with Gasteiger partial charge in [0.15, 0.2) is 5.78 Å². The highest BCUT2D eigenvalue weighted by Gasteiger charge is 2.07. The summed E-state index contributed by atoms with van der Waals surface area (Å²) >= 11 is 0. The van der Waals surface area contributed by atoms with E-state index in [0.29, 0.717) is 5.56 Å². The van der Waals surface area contributed by atoms with Gasteiger partial charge in [-0.25, -0.2) is 0 Å². The highest BCUT2D eigenvalue weighted by Crippen LogP contribution is 2.20. The van der Waals surface area contributed by atoms with Crippen molar-refractivity contribution < 1.29 is 14.6 Å². The molecule has 2 aromatic rings. The average molecular weight is 268 g/mol. The van der Waals surface area contributed by atoms with Crippen LogP contribution >= 0.6 is 0 Å². The lowest BCUT2D eigenvalue weighted by Crippen LogP contribution is -1.95. The third kappa shape index (κ3) is 3.26. The van der Waals surface area contributed by atoms with Crippen LogP contribution in [0.25, 0.3) is 6.08 Å². The molecule has 0 aliphatic carbocycles. The topological polar surface area (TPSA) is 46.5 Å². The molecule has 20 heavy (non-hydrogen) atoms. The Hall–Kier alpha value is -2.55. The standard InChI is InChI=1S/C17H16O3/c1-12-3-9-16(18)15(11-12)17(19)10-6-13-4-7-14(20-2)8-5-13/h3-11,18H,1-2H3/b10-6+. The van der Waals surface area contributed by atoms with E-state index in [-0.39, 0.29) is 11.5 Å². The summed E-state index contributed by atoms with van der Waals surface area (Å²) in [5, 5.41) is 9.70. The first-order valence-corrected chi connectivity index (χ1v) is 6.26. The lowest BCUT2D eigenvalue weighted by atomic mass is 10.1. The van der Waals surface area contributed by atoms with Crippen LogP contribution in [0.4, 0.5) is 0 Å². The fourth-order valence-corrected chi connectivity index (χ4v) is 1.82.